The van der Waals surface area contributed by atoms with Crippen LogP contribution >= 0.6 is 0 Å². The molecule has 6 nitrogen and oxygen atoms in total. The van der Waals surface area contributed by atoms with E-state index in [1.165, 1.54) is 12.1 Å². The quantitative estimate of drug-likeness (QED) is 0.403. The molecule has 0 radical (unpaired) electrons. The van der Waals surface area contributed by atoms with Crippen molar-refractivity contribution < 1.29 is 18.7 Å². The first-order valence-electron chi connectivity index (χ1n) is 12.5. The van der Waals surface area contributed by atoms with Crippen LogP contribution in [0.1, 0.15) is 49.4 Å². The lowest BCUT2D eigenvalue weighted by molar-refractivity contribution is -0.134. The van der Waals surface area contributed by atoms with Crippen molar-refractivity contribution in [1.82, 2.24) is 14.7 Å². The van der Waals surface area contributed by atoms with E-state index in [9.17, 15) is 9.18 Å². The number of rotatable bonds is 9. The third-order valence-corrected chi connectivity index (χ3v) is 6.66. The molecule has 2 aromatic carbocycles. The van der Waals surface area contributed by atoms with Crippen LogP contribution in [0.15, 0.2) is 48.5 Å². The summed E-state index contributed by atoms with van der Waals surface area (Å²) in [6.07, 6.45) is 4.64. The first-order chi connectivity index (χ1) is 17.0. The Bertz CT molecular complexity index is 1180. The lowest BCUT2D eigenvalue weighted by Crippen LogP contribution is -2.38. The van der Waals surface area contributed by atoms with Crippen molar-refractivity contribution in [2.45, 2.75) is 58.6 Å². The van der Waals surface area contributed by atoms with E-state index < -0.39 is 0 Å². The van der Waals surface area contributed by atoms with Crippen LogP contribution in [0.2, 0.25) is 0 Å². The van der Waals surface area contributed by atoms with E-state index in [4.69, 9.17) is 14.6 Å². The van der Waals surface area contributed by atoms with Crippen LogP contribution in [-0.4, -0.2) is 39.8 Å². The Labute approximate surface area is 205 Å². The minimum absolute atomic E-state index is 0.0658. The first kappa shape index (κ1) is 23.5. The molecule has 0 N–H and O–H groups in total. The molecular formula is C28H32FN3O3. The number of hydrogen-bond acceptors (Lipinski definition) is 4. The van der Waals surface area contributed by atoms with Crippen LogP contribution in [0.4, 0.5) is 4.39 Å². The molecule has 1 aliphatic carbocycles. The number of benzene rings is 2. The molecular weight excluding hydrogens is 445 g/mol. The highest BCUT2D eigenvalue weighted by Gasteiger charge is 2.36. The van der Waals surface area contributed by atoms with Gasteiger partial charge in [0.05, 0.1) is 29.6 Å². The summed E-state index contributed by atoms with van der Waals surface area (Å²) in [5.74, 6) is 1.22. The maximum Gasteiger partial charge on any atom is 0.227 e. The third-order valence-electron chi connectivity index (χ3n) is 6.66. The number of ether oxygens (including phenoxy) is 2. The van der Waals surface area contributed by atoms with Gasteiger partial charge in [0.2, 0.25) is 11.8 Å². The van der Waals surface area contributed by atoms with Crippen LogP contribution in [0.3, 0.4) is 0 Å². The van der Waals surface area contributed by atoms with Crippen molar-refractivity contribution in [2.24, 2.45) is 5.92 Å². The molecule has 184 valence electrons. The summed E-state index contributed by atoms with van der Waals surface area (Å²) < 4.78 is 27.7. The highest BCUT2D eigenvalue weighted by molar-refractivity contribution is 5.81. The molecule has 0 spiro atoms. The summed E-state index contributed by atoms with van der Waals surface area (Å²) >= 11 is 0. The molecule has 1 unspecified atom stereocenters. The molecule has 2 aliphatic rings. The third kappa shape index (κ3) is 5.40. The van der Waals surface area contributed by atoms with E-state index in [0.717, 1.165) is 49.1 Å². The fraction of sp³-hybridized carbons (Fsp3) is 0.429. The van der Waals surface area contributed by atoms with Crippen LogP contribution in [0.5, 0.6) is 11.6 Å². The van der Waals surface area contributed by atoms with Crippen LogP contribution < -0.4 is 4.74 Å². The number of amides is 1. The monoisotopic (exact) mass is 477 g/mol. The molecule has 2 fully saturated rings. The number of aryl methyl sites for hydroxylation is 2. The summed E-state index contributed by atoms with van der Waals surface area (Å²) in [6, 6.07) is 14.0. The fourth-order valence-corrected chi connectivity index (χ4v) is 4.62. The van der Waals surface area contributed by atoms with Crippen LogP contribution in [0.25, 0.3) is 5.69 Å². The van der Waals surface area contributed by atoms with Crippen molar-refractivity contribution >= 4 is 5.91 Å². The highest BCUT2D eigenvalue weighted by atomic mass is 19.1. The van der Waals surface area contributed by atoms with Gasteiger partial charge in [-0.25, -0.2) is 9.07 Å². The van der Waals surface area contributed by atoms with Gasteiger partial charge in [-0.2, -0.15) is 5.10 Å². The summed E-state index contributed by atoms with van der Waals surface area (Å²) in [6.45, 7) is 5.79. The zero-order valence-corrected chi connectivity index (χ0v) is 20.4. The second-order valence-corrected chi connectivity index (χ2v) is 9.52. The molecule has 1 amide bonds. The van der Waals surface area contributed by atoms with Gasteiger partial charge in [0, 0.05) is 19.1 Å². The van der Waals surface area contributed by atoms with Crippen molar-refractivity contribution in [1.29, 1.82) is 0 Å². The molecule has 3 aromatic rings. The first-order valence-corrected chi connectivity index (χ1v) is 12.5. The lowest BCUT2D eigenvalue weighted by atomic mass is 10.1. The zero-order valence-electron chi connectivity index (χ0n) is 20.4. The molecule has 1 atom stereocenters. The van der Waals surface area contributed by atoms with E-state index in [1.807, 2.05) is 43.0 Å². The minimum atomic E-state index is -0.309. The molecule has 5 rings (SSSR count). The molecule has 1 saturated carbocycles. The Morgan fingerprint density at radius 1 is 1.20 bits per heavy atom. The van der Waals surface area contributed by atoms with E-state index in [-0.39, 0.29) is 23.7 Å². The number of aromatic nitrogens is 2. The van der Waals surface area contributed by atoms with E-state index in [0.29, 0.717) is 36.8 Å². The zero-order chi connectivity index (χ0) is 24.4. The van der Waals surface area contributed by atoms with Gasteiger partial charge >= 0.3 is 0 Å². The second-order valence-electron chi connectivity index (χ2n) is 9.52. The van der Waals surface area contributed by atoms with Crippen molar-refractivity contribution in [3.8, 4) is 17.3 Å². The average molecular weight is 478 g/mol. The number of nitrogens with zero attached hydrogens (tertiary/aromatic N) is 3. The number of hydrogen-bond donors (Lipinski definition) is 0. The maximum atomic E-state index is 13.7. The van der Waals surface area contributed by atoms with Gasteiger partial charge in [0.1, 0.15) is 11.6 Å². The normalized spacial score (nSPS) is 17.5. The van der Waals surface area contributed by atoms with Gasteiger partial charge < -0.3 is 14.4 Å². The largest absolute Gasteiger partial charge is 0.439 e. The summed E-state index contributed by atoms with van der Waals surface area (Å²) in [7, 11) is 0. The van der Waals surface area contributed by atoms with Gasteiger partial charge in [-0.05, 0) is 81.0 Å². The van der Waals surface area contributed by atoms with E-state index in [1.54, 1.807) is 16.8 Å². The van der Waals surface area contributed by atoms with Gasteiger partial charge in [0.15, 0.2) is 0 Å². The molecule has 1 saturated heterocycles. The van der Waals surface area contributed by atoms with Crippen molar-refractivity contribution in [3.63, 3.8) is 0 Å². The predicted octanol–water partition coefficient (Wildman–Crippen LogP) is 5.59. The molecule has 0 bridgehead atoms. The molecule has 7 heteroatoms. The van der Waals surface area contributed by atoms with Gasteiger partial charge in [-0.15, -0.1) is 0 Å². The summed E-state index contributed by atoms with van der Waals surface area (Å²) in [5.41, 5.74) is 3.52. The Balaban J connectivity index is 1.55. The van der Waals surface area contributed by atoms with Crippen molar-refractivity contribution in [3.05, 3.63) is 71.2 Å². The van der Waals surface area contributed by atoms with Gasteiger partial charge in [-0.1, -0.05) is 19.1 Å². The van der Waals surface area contributed by atoms with Crippen LogP contribution in [-0.2, 0) is 22.5 Å². The summed E-state index contributed by atoms with van der Waals surface area (Å²) in [4.78, 5) is 15.2. The highest BCUT2D eigenvalue weighted by Crippen LogP contribution is 2.36. The maximum absolute atomic E-state index is 13.7. The topological polar surface area (TPSA) is 56.6 Å². The second kappa shape index (κ2) is 10.2. The standard InChI is InChI=1S/C28H32FN3O3/c1-3-26-25(18-31(27(33)20-9-10-20)17-24-8-5-15-34-24)28(35-23-7-4-6-19(2)16-23)32(30-26)22-13-11-21(29)12-14-22/h4,6-7,11-14,16,20,24H,3,5,8-10,15,17-18H2,1-2H3. The predicted molar refractivity (Wildman–Crippen MR) is 131 cm³/mol. The minimum Gasteiger partial charge on any atom is -0.439 e. The SMILES string of the molecule is CCc1nn(-c2ccc(F)cc2)c(Oc2cccc(C)c2)c1CN(CC1CCCO1)C(=O)C1CC1. The molecule has 1 aromatic heterocycles. The number of carbonyl (C=O) groups is 1. The van der Waals surface area contributed by atoms with Crippen LogP contribution in [0, 0.1) is 18.7 Å². The summed E-state index contributed by atoms with van der Waals surface area (Å²) in [5, 5.41) is 4.85. The van der Waals surface area contributed by atoms with E-state index in [2.05, 4.69) is 0 Å². The van der Waals surface area contributed by atoms with Crippen molar-refractivity contribution in [2.75, 3.05) is 13.2 Å². The Morgan fingerprint density at radius 3 is 2.66 bits per heavy atom. The number of halogens is 1. The average Bonchev–Trinajstić information content (AvgIpc) is 3.48. The molecule has 35 heavy (non-hydrogen) atoms. The molecule has 1 aliphatic heterocycles. The number of carbonyl (C=O) groups excluding carboxylic acids is 1. The fourth-order valence-electron chi connectivity index (χ4n) is 4.62. The Hall–Kier alpha value is -3.19. The van der Waals surface area contributed by atoms with E-state index >= 15 is 0 Å². The van der Waals surface area contributed by atoms with Gasteiger partial charge in [0.25, 0.3) is 0 Å². The molecule has 2 heterocycles. The Morgan fingerprint density at radius 2 is 2.00 bits per heavy atom. The lowest BCUT2D eigenvalue weighted by Gasteiger charge is -2.26. The van der Waals surface area contributed by atoms with Gasteiger partial charge in [-0.3, -0.25) is 4.79 Å². The Kier molecular flexibility index (Phi) is 6.86. The smallest absolute Gasteiger partial charge is 0.227 e.